The average Bonchev–Trinajstić information content (AvgIpc) is 2.46. The largest absolute Gasteiger partial charge is 0.368 e. The molecule has 1 aromatic carbocycles. The first-order valence-corrected chi connectivity index (χ1v) is 7.04. The third kappa shape index (κ3) is 5.22. The van der Waals surface area contributed by atoms with E-state index in [1.165, 1.54) is 0 Å². The topological polar surface area (TPSA) is 49.6 Å². The van der Waals surface area contributed by atoms with Gasteiger partial charge in [0, 0.05) is 36.9 Å². The molecule has 7 heteroatoms. The molecule has 0 spiro atoms. The van der Waals surface area contributed by atoms with E-state index in [1.807, 2.05) is 36.1 Å². The molecule has 1 heterocycles. The maximum absolute atomic E-state index is 12.0. The van der Waals surface area contributed by atoms with Gasteiger partial charge >= 0.3 is 0 Å². The SMILES string of the molecule is CC[C@H](N)C(=O)N1CCN(c2ccc(Cl)cc2)CC1.Cl.Cl. The van der Waals surface area contributed by atoms with Crippen molar-refractivity contribution in [1.82, 2.24) is 4.90 Å². The van der Waals surface area contributed by atoms with Crippen LogP contribution in [0.4, 0.5) is 5.69 Å². The molecule has 1 aromatic rings. The van der Waals surface area contributed by atoms with Gasteiger partial charge in [0.2, 0.25) is 5.91 Å². The maximum Gasteiger partial charge on any atom is 0.239 e. The molecular formula is C14H22Cl3N3O. The van der Waals surface area contributed by atoms with Crippen molar-refractivity contribution in [2.75, 3.05) is 31.1 Å². The average molecular weight is 355 g/mol. The predicted molar refractivity (Wildman–Crippen MR) is 93.0 cm³/mol. The number of nitrogens with two attached hydrogens (primary N) is 1. The molecule has 0 aliphatic carbocycles. The van der Waals surface area contributed by atoms with E-state index in [1.54, 1.807) is 0 Å². The maximum atomic E-state index is 12.0. The van der Waals surface area contributed by atoms with Gasteiger partial charge in [-0.25, -0.2) is 0 Å². The summed E-state index contributed by atoms with van der Waals surface area (Å²) in [5.41, 5.74) is 6.94. The molecule has 0 radical (unpaired) electrons. The second-order valence-corrected chi connectivity index (χ2v) is 5.24. The van der Waals surface area contributed by atoms with E-state index in [0.29, 0.717) is 6.42 Å². The molecule has 1 atom stereocenters. The molecule has 1 fully saturated rings. The summed E-state index contributed by atoms with van der Waals surface area (Å²) in [6.45, 7) is 5.07. The van der Waals surface area contributed by atoms with E-state index in [2.05, 4.69) is 4.90 Å². The lowest BCUT2D eigenvalue weighted by Gasteiger charge is -2.37. The number of hydrogen-bond donors (Lipinski definition) is 1. The summed E-state index contributed by atoms with van der Waals surface area (Å²) < 4.78 is 0. The minimum atomic E-state index is -0.359. The van der Waals surface area contributed by atoms with Crippen molar-refractivity contribution in [2.45, 2.75) is 19.4 Å². The van der Waals surface area contributed by atoms with Crippen LogP contribution in [0.2, 0.25) is 5.02 Å². The normalized spacial score (nSPS) is 15.8. The Morgan fingerprint density at radius 1 is 1.19 bits per heavy atom. The van der Waals surface area contributed by atoms with Crippen molar-refractivity contribution in [3.05, 3.63) is 29.3 Å². The van der Waals surface area contributed by atoms with Gasteiger partial charge < -0.3 is 15.5 Å². The van der Waals surface area contributed by atoms with Crippen molar-refractivity contribution in [3.8, 4) is 0 Å². The first-order chi connectivity index (χ1) is 9.11. The van der Waals surface area contributed by atoms with Crippen LogP contribution in [0.5, 0.6) is 0 Å². The lowest BCUT2D eigenvalue weighted by Crippen LogP contribution is -2.53. The predicted octanol–water partition coefficient (Wildman–Crippen LogP) is 2.57. The van der Waals surface area contributed by atoms with Crippen LogP contribution in [-0.2, 0) is 4.79 Å². The fraction of sp³-hybridized carbons (Fsp3) is 0.500. The van der Waals surface area contributed by atoms with E-state index in [9.17, 15) is 4.79 Å². The number of nitrogens with zero attached hydrogens (tertiary/aromatic N) is 2. The van der Waals surface area contributed by atoms with Crippen LogP contribution in [0.25, 0.3) is 0 Å². The quantitative estimate of drug-likeness (QED) is 0.907. The second-order valence-electron chi connectivity index (χ2n) is 4.80. The molecule has 0 aromatic heterocycles. The standard InChI is InChI=1S/C14H20ClN3O.2ClH/c1-2-13(16)14(19)18-9-7-17(8-10-18)12-5-3-11(15)4-6-12;;/h3-6,13H,2,7-10,16H2,1H3;2*1H/t13-;;/m0../s1. The Bertz CT molecular complexity index is 434. The highest BCUT2D eigenvalue weighted by Crippen LogP contribution is 2.19. The minimum absolute atomic E-state index is 0. The molecule has 2 N–H and O–H groups in total. The molecule has 21 heavy (non-hydrogen) atoms. The molecule has 1 saturated heterocycles. The lowest BCUT2D eigenvalue weighted by atomic mass is 10.2. The Morgan fingerprint density at radius 3 is 2.19 bits per heavy atom. The van der Waals surface area contributed by atoms with Crippen LogP contribution in [0.3, 0.4) is 0 Å². The minimum Gasteiger partial charge on any atom is -0.368 e. The number of benzene rings is 1. The Hall–Kier alpha value is -0.680. The van der Waals surface area contributed by atoms with E-state index < -0.39 is 0 Å². The monoisotopic (exact) mass is 353 g/mol. The summed E-state index contributed by atoms with van der Waals surface area (Å²) >= 11 is 5.88. The van der Waals surface area contributed by atoms with Crippen LogP contribution in [-0.4, -0.2) is 43.0 Å². The van der Waals surface area contributed by atoms with Crippen molar-refractivity contribution in [1.29, 1.82) is 0 Å². The molecule has 120 valence electrons. The molecular weight excluding hydrogens is 333 g/mol. The number of piperazine rings is 1. The summed E-state index contributed by atoms with van der Waals surface area (Å²) in [6, 6.07) is 7.44. The Labute approximate surface area is 143 Å². The highest BCUT2D eigenvalue weighted by molar-refractivity contribution is 6.30. The number of carbonyl (C=O) groups is 1. The molecule has 0 saturated carbocycles. The van der Waals surface area contributed by atoms with E-state index in [-0.39, 0.29) is 36.8 Å². The highest BCUT2D eigenvalue weighted by atomic mass is 35.5. The van der Waals surface area contributed by atoms with Crippen LogP contribution in [0.1, 0.15) is 13.3 Å². The fourth-order valence-electron chi connectivity index (χ4n) is 2.25. The summed E-state index contributed by atoms with van der Waals surface area (Å²) in [5.74, 6) is 0.0678. The summed E-state index contributed by atoms with van der Waals surface area (Å²) in [5, 5.41) is 0.742. The number of rotatable bonds is 3. The number of amides is 1. The van der Waals surface area contributed by atoms with Crippen molar-refractivity contribution in [3.63, 3.8) is 0 Å². The molecule has 1 aliphatic heterocycles. The number of carbonyl (C=O) groups excluding carboxylic acids is 1. The first-order valence-electron chi connectivity index (χ1n) is 6.66. The van der Waals surface area contributed by atoms with E-state index >= 15 is 0 Å². The zero-order valence-electron chi connectivity index (χ0n) is 12.0. The van der Waals surface area contributed by atoms with E-state index in [0.717, 1.165) is 36.9 Å². The van der Waals surface area contributed by atoms with Crippen molar-refractivity contribution >= 4 is 48.0 Å². The first kappa shape index (κ1) is 20.3. The summed E-state index contributed by atoms with van der Waals surface area (Å²) in [6.07, 6.45) is 0.691. The van der Waals surface area contributed by atoms with Crippen molar-refractivity contribution in [2.24, 2.45) is 5.73 Å². The van der Waals surface area contributed by atoms with Gasteiger partial charge in [-0.15, -0.1) is 24.8 Å². The van der Waals surface area contributed by atoms with Gasteiger partial charge in [-0.05, 0) is 30.7 Å². The summed E-state index contributed by atoms with van der Waals surface area (Å²) in [4.78, 5) is 16.1. The zero-order chi connectivity index (χ0) is 13.8. The Kier molecular flexibility index (Phi) is 9.06. The molecule has 0 unspecified atom stereocenters. The zero-order valence-corrected chi connectivity index (χ0v) is 14.4. The molecule has 4 nitrogen and oxygen atoms in total. The fourth-order valence-corrected chi connectivity index (χ4v) is 2.37. The van der Waals surface area contributed by atoms with E-state index in [4.69, 9.17) is 17.3 Å². The molecule has 1 aliphatic rings. The van der Waals surface area contributed by atoms with Crippen molar-refractivity contribution < 1.29 is 4.79 Å². The van der Waals surface area contributed by atoms with Gasteiger partial charge in [0.05, 0.1) is 6.04 Å². The lowest BCUT2D eigenvalue weighted by molar-refractivity contribution is -0.132. The van der Waals surface area contributed by atoms with Crippen LogP contribution >= 0.6 is 36.4 Å². The Morgan fingerprint density at radius 2 is 1.71 bits per heavy atom. The smallest absolute Gasteiger partial charge is 0.239 e. The van der Waals surface area contributed by atoms with Gasteiger partial charge in [0.15, 0.2) is 0 Å². The summed E-state index contributed by atoms with van der Waals surface area (Å²) in [7, 11) is 0. The number of hydrogen-bond acceptors (Lipinski definition) is 3. The van der Waals surface area contributed by atoms with Gasteiger partial charge in [0.25, 0.3) is 0 Å². The van der Waals surface area contributed by atoms with Crippen LogP contribution in [0, 0.1) is 0 Å². The molecule has 0 bridgehead atoms. The van der Waals surface area contributed by atoms with Gasteiger partial charge in [-0.3, -0.25) is 4.79 Å². The van der Waals surface area contributed by atoms with Gasteiger partial charge in [-0.1, -0.05) is 18.5 Å². The van der Waals surface area contributed by atoms with Gasteiger partial charge in [-0.2, -0.15) is 0 Å². The third-order valence-electron chi connectivity index (χ3n) is 3.54. The number of halogens is 3. The molecule has 2 rings (SSSR count). The number of anilines is 1. The molecule has 1 amide bonds. The Balaban J connectivity index is 0.00000200. The third-order valence-corrected chi connectivity index (χ3v) is 3.79. The second kappa shape index (κ2) is 9.36. The highest BCUT2D eigenvalue weighted by Gasteiger charge is 2.24. The van der Waals surface area contributed by atoms with Crippen LogP contribution < -0.4 is 10.6 Å². The van der Waals surface area contributed by atoms with Crippen LogP contribution in [0.15, 0.2) is 24.3 Å². The van der Waals surface area contributed by atoms with Gasteiger partial charge in [0.1, 0.15) is 0 Å².